The van der Waals surface area contributed by atoms with Crippen molar-refractivity contribution >= 4 is 38.4 Å². The largest absolute Gasteiger partial charge is 0.359 e. The van der Waals surface area contributed by atoms with E-state index in [1.54, 1.807) is 22.9 Å². The minimum absolute atomic E-state index is 0.0459. The number of amides is 1. The fourth-order valence-corrected chi connectivity index (χ4v) is 4.07. The van der Waals surface area contributed by atoms with Crippen LogP contribution < -0.4 is 10.6 Å². The molecular formula is C20H19FN8OS. The van der Waals surface area contributed by atoms with E-state index >= 15 is 0 Å². The van der Waals surface area contributed by atoms with E-state index in [9.17, 15) is 9.18 Å². The van der Waals surface area contributed by atoms with Gasteiger partial charge < -0.3 is 10.6 Å². The molecule has 0 bridgehead atoms. The molecule has 158 valence electrons. The molecule has 3 aromatic heterocycles. The highest BCUT2D eigenvalue weighted by Gasteiger charge is 2.23. The molecule has 4 aromatic rings. The van der Waals surface area contributed by atoms with E-state index in [2.05, 4.69) is 36.1 Å². The molecule has 1 aromatic carbocycles. The maximum Gasteiger partial charge on any atom is 0.259 e. The predicted octanol–water partition coefficient (Wildman–Crippen LogP) is 3.89. The van der Waals surface area contributed by atoms with Crippen molar-refractivity contribution in [2.24, 2.45) is 0 Å². The lowest BCUT2D eigenvalue weighted by molar-refractivity contribution is 0.102. The monoisotopic (exact) mass is 438 g/mol. The lowest BCUT2D eigenvalue weighted by Gasteiger charge is -2.09. The molecule has 2 N–H and O–H groups in total. The number of nitrogens with zero attached hydrogens (tertiary/aromatic N) is 6. The van der Waals surface area contributed by atoms with Crippen molar-refractivity contribution in [3.63, 3.8) is 0 Å². The van der Waals surface area contributed by atoms with E-state index in [1.165, 1.54) is 23.5 Å². The summed E-state index contributed by atoms with van der Waals surface area (Å²) in [6, 6.07) is 8.42. The number of aromatic nitrogens is 6. The van der Waals surface area contributed by atoms with Gasteiger partial charge in [-0.1, -0.05) is 17.4 Å². The zero-order valence-electron chi connectivity index (χ0n) is 16.8. The SMILES string of the molecule is CC(C)n1nnnc1-c1cccc(NC(=O)c2cc3sc(NC4CC4)nc3cc2F)n1. The summed E-state index contributed by atoms with van der Waals surface area (Å²) in [4.78, 5) is 21.6. The third kappa shape index (κ3) is 3.96. The van der Waals surface area contributed by atoms with Gasteiger partial charge >= 0.3 is 0 Å². The van der Waals surface area contributed by atoms with Crippen LogP contribution in [-0.2, 0) is 0 Å². The first-order chi connectivity index (χ1) is 15.0. The first-order valence-electron chi connectivity index (χ1n) is 9.91. The number of halogens is 1. The van der Waals surface area contributed by atoms with Gasteiger partial charge in [0.2, 0.25) is 5.82 Å². The van der Waals surface area contributed by atoms with Crippen LogP contribution >= 0.6 is 11.3 Å². The Morgan fingerprint density at radius 2 is 2.10 bits per heavy atom. The predicted molar refractivity (Wildman–Crippen MR) is 116 cm³/mol. The molecule has 1 aliphatic carbocycles. The standard InChI is InChI=1S/C20H19FN8OS/c1-10(2)29-18(26-27-28-29)14-4-3-5-17(23-14)25-19(30)12-8-16-15(9-13(12)21)24-20(31-16)22-11-6-7-11/h3-5,8-11H,6-7H2,1-2H3,(H,22,24)(H,23,25,30). The van der Waals surface area contributed by atoms with Crippen LogP contribution in [0.2, 0.25) is 0 Å². The first kappa shape index (κ1) is 19.5. The highest BCUT2D eigenvalue weighted by molar-refractivity contribution is 7.22. The van der Waals surface area contributed by atoms with Crippen molar-refractivity contribution in [1.82, 2.24) is 30.2 Å². The fraction of sp³-hybridized carbons (Fsp3) is 0.300. The number of nitrogens with one attached hydrogen (secondary N) is 2. The fourth-order valence-electron chi connectivity index (χ4n) is 3.11. The average Bonchev–Trinajstić information content (AvgIpc) is 3.25. The third-order valence-corrected chi connectivity index (χ3v) is 5.78. The smallest absolute Gasteiger partial charge is 0.259 e. The van der Waals surface area contributed by atoms with E-state index in [0.717, 1.165) is 22.7 Å². The van der Waals surface area contributed by atoms with Gasteiger partial charge in [0.15, 0.2) is 5.13 Å². The number of hydrogen-bond acceptors (Lipinski definition) is 8. The van der Waals surface area contributed by atoms with Gasteiger partial charge in [0.05, 0.1) is 21.8 Å². The summed E-state index contributed by atoms with van der Waals surface area (Å²) in [6.07, 6.45) is 2.24. The molecule has 0 atom stereocenters. The Kier molecular flexibility index (Phi) is 4.81. The summed E-state index contributed by atoms with van der Waals surface area (Å²) in [5.74, 6) is -0.453. The van der Waals surface area contributed by atoms with Crippen LogP contribution in [0.1, 0.15) is 43.1 Å². The number of fused-ring (bicyclic) bond motifs is 1. The Bertz CT molecular complexity index is 1280. The topological polar surface area (TPSA) is 111 Å². The molecule has 0 unspecified atom stereocenters. The van der Waals surface area contributed by atoms with Crippen molar-refractivity contribution in [2.45, 2.75) is 38.8 Å². The van der Waals surface area contributed by atoms with Crippen LogP contribution in [0, 0.1) is 5.82 Å². The molecule has 3 heterocycles. The van der Waals surface area contributed by atoms with Crippen LogP contribution in [0.4, 0.5) is 15.3 Å². The van der Waals surface area contributed by atoms with Crippen LogP contribution in [-0.4, -0.2) is 42.1 Å². The molecule has 9 nitrogen and oxygen atoms in total. The molecule has 0 radical (unpaired) electrons. The van der Waals surface area contributed by atoms with Crippen molar-refractivity contribution in [3.05, 3.63) is 41.7 Å². The third-order valence-electron chi connectivity index (χ3n) is 4.83. The van der Waals surface area contributed by atoms with Crippen LogP contribution in [0.25, 0.3) is 21.7 Å². The molecule has 31 heavy (non-hydrogen) atoms. The second kappa shape index (κ2) is 7.65. The highest BCUT2D eigenvalue weighted by atomic mass is 32.1. The number of carbonyl (C=O) groups excluding carboxylic acids is 1. The van der Waals surface area contributed by atoms with Gasteiger partial charge in [-0.2, -0.15) is 0 Å². The summed E-state index contributed by atoms with van der Waals surface area (Å²) in [7, 11) is 0. The van der Waals surface area contributed by atoms with Crippen molar-refractivity contribution in [1.29, 1.82) is 0 Å². The quantitative estimate of drug-likeness (QED) is 0.470. The lowest BCUT2D eigenvalue weighted by atomic mass is 10.2. The molecule has 1 amide bonds. The average molecular weight is 438 g/mol. The van der Waals surface area contributed by atoms with Crippen molar-refractivity contribution in [2.75, 3.05) is 10.6 Å². The number of carbonyl (C=O) groups is 1. The molecule has 0 saturated heterocycles. The summed E-state index contributed by atoms with van der Waals surface area (Å²) in [5, 5.41) is 18.4. The summed E-state index contributed by atoms with van der Waals surface area (Å²) in [5.41, 5.74) is 0.974. The summed E-state index contributed by atoms with van der Waals surface area (Å²) >= 11 is 1.41. The Morgan fingerprint density at radius 1 is 1.26 bits per heavy atom. The van der Waals surface area contributed by atoms with Gasteiger partial charge in [-0.25, -0.2) is 19.0 Å². The van der Waals surface area contributed by atoms with Crippen molar-refractivity contribution in [3.8, 4) is 11.5 Å². The van der Waals surface area contributed by atoms with E-state index in [1.807, 2.05) is 13.8 Å². The van der Waals surface area contributed by atoms with Gasteiger partial charge in [-0.3, -0.25) is 4.79 Å². The van der Waals surface area contributed by atoms with E-state index in [0.29, 0.717) is 23.1 Å². The first-order valence-corrected chi connectivity index (χ1v) is 10.7. The summed E-state index contributed by atoms with van der Waals surface area (Å²) in [6.45, 7) is 3.91. The number of anilines is 2. The normalized spacial score (nSPS) is 13.7. The number of benzene rings is 1. The number of hydrogen-bond donors (Lipinski definition) is 2. The Labute approximate surface area is 180 Å². The Hall–Kier alpha value is -3.47. The molecule has 1 aliphatic rings. The number of thiazole rings is 1. The van der Waals surface area contributed by atoms with E-state index in [-0.39, 0.29) is 17.4 Å². The highest BCUT2D eigenvalue weighted by Crippen LogP contribution is 2.32. The van der Waals surface area contributed by atoms with E-state index in [4.69, 9.17) is 0 Å². The molecule has 11 heteroatoms. The van der Waals surface area contributed by atoms with Gasteiger partial charge in [0, 0.05) is 12.1 Å². The number of pyridine rings is 1. The Morgan fingerprint density at radius 3 is 2.87 bits per heavy atom. The summed E-state index contributed by atoms with van der Waals surface area (Å²) < 4.78 is 17.0. The molecule has 1 fully saturated rings. The molecular weight excluding hydrogens is 419 g/mol. The van der Waals surface area contributed by atoms with Gasteiger partial charge in [0.25, 0.3) is 5.91 Å². The Balaban J connectivity index is 1.40. The maximum absolute atomic E-state index is 14.6. The van der Waals surface area contributed by atoms with Crippen molar-refractivity contribution < 1.29 is 9.18 Å². The van der Waals surface area contributed by atoms with Gasteiger partial charge in [-0.15, -0.1) is 5.10 Å². The second-order valence-corrected chi connectivity index (χ2v) is 8.67. The van der Waals surface area contributed by atoms with Crippen LogP contribution in [0.5, 0.6) is 0 Å². The minimum atomic E-state index is -0.631. The lowest BCUT2D eigenvalue weighted by Crippen LogP contribution is -2.15. The number of rotatable bonds is 6. The molecule has 0 aliphatic heterocycles. The van der Waals surface area contributed by atoms with Gasteiger partial charge in [-0.05, 0) is 55.3 Å². The van der Waals surface area contributed by atoms with Crippen LogP contribution in [0.3, 0.4) is 0 Å². The minimum Gasteiger partial charge on any atom is -0.359 e. The second-order valence-electron chi connectivity index (χ2n) is 7.64. The number of tetrazole rings is 1. The zero-order valence-corrected chi connectivity index (χ0v) is 17.6. The maximum atomic E-state index is 14.6. The zero-order chi connectivity index (χ0) is 21.5. The van der Waals surface area contributed by atoms with Crippen LogP contribution in [0.15, 0.2) is 30.3 Å². The van der Waals surface area contributed by atoms with Gasteiger partial charge in [0.1, 0.15) is 17.3 Å². The molecule has 0 spiro atoms. The molecule has 1 saturated carbocycles. The van der Waals surface area contributed by atoms with E-state index < -0.39 is 11.7 Å². The molecule has 5 rings (SSSR count).